The molecule has 1 aliphatic rings. The number of hydrogen-bond acceptors (Lipinski definition) is 5. The van der Waals surface area contributed by atoms with Crippen molar-refractivity contribution >= 4 is 10.0 Å². The molecule has 6 nitrogen and oxygen atoms in total. The van der Waals surface area contributed by atoms with Crippen molar-refractivity contribution in [1.82, 2.24) is 14.9 Å². The van der Waals surface area contributed by atoms with Crippen molar-refractivity contribution in [3.8, 4) is 0 Å². The van der Waals surface area contributed by atoms with Crippen molar-refractivity contribution in [2.45, 2.75) is 25.5 Å². The summed E-state index contributed by atoms with van der Waals surface area (Å²) in [5, 5.41) is 2.74. The van der Waals surface area contributed by atoms with Gasteiger partial charge in [-0.2, -0.15) is 0 Å². The number of sulfonamides is 1. The van der Waals surface area contributed by atoms with Crippen LogP contribution in [0.5, 0.6) is 0 Å². The molecule has 1 heterocycles. The molecule has 0 amide bonds. The third-order valence-corrected chi connectivity index (χ3v) is 5.06. The summed E-state index contributed by atoms with van der Waals surface area (Å²) in [6.07, 6.45) is 1.01. The second kappa shape index (κ2) is 8.86. The number of nitrogens with one attached hydrogen (secondary N) is 2. The van der Waals surface area contributed by atoms with Crippen molar-refractivity contribution < 1.29 is 13.2 Å². The third-order valence-electron chi connectivity index (χ3n) is 3.22. The highest BCUT2D eigenvalue weighted by Crippen LogP contribution is 1.98. The van der Waals surface area contributed by atoms with E-state index in [-0.39, 0.29) is 0 Å². The summed E-state index contributed by atoms with van der Waals surface area (Å²) in [5.41, 5.74) is 0. The molecule has 0 aromatic carbocycles. The molecule has 0 bridgehead atoms. The van der Waals surface area contributed by atoms with E-state index in [0.717, 1.165) is 45.8 Å². The summed E-state index contributed by atoms with van der Waals surface area (Å²) in [6.45, 7) is 9.62. The van der Waals surface area contributed by atoms with Crippen LogP contribution in [0.3, 0.4) is 0 Å². The van der Waals surface area contributed by atoms with Gasteiger partial charge in [0.1, 0.15) is 0 Å². The average Bonchev–Trinajstić information content (AvgIpc) is 2.40. The van der Waals surface area contributed by atoms with Gasteiger partial charge in [-0.1, -0.05) is 6.92 Å². The predicted octanol–water partition coefficient (Wildman–Crippen LogP) is -0.374. The van der Waals surface area contributed by atoms with E-state index in [0.29, 0.717) is 13.1 Å². The molecule has 7 heteroatoms. The van der Waals surface area contributed by atoms with E-state index in [1.165, 1.54) is 0 Å². The highest BCUT2D eigenvalue weighted by Gasteiger charge is 2.20. The third kappa shape index (κ3) is 6.67. The molecule has 2 N–H and O–H groups in total. The van der Waals surface area contributed by atoms with Gasteiger partial charge in [0.2, 0.25) is 10.0 Å². The smallest absolute Gasteiger partial charge is 0.215 e. The Balaban J connectivity index is 2.21. The first-order valence-corrected chi connectivity index (χ1v) is 8.60. The highest BCUT2D eigenvalue weighted by atomic mass is 32.2. The molecular formula is C12H27N3O3S. The molecule has 0 aromatic rings. The Hall–Kier alpha value is -0.210. The fourth-order valence-corrected chi connectivity index (χ4v) is 2.90. The fraction of sp³-hybridized carbons (Fsp3) is 1.00. The maximum absolute atomic E-state index is 12.0. The lowest BCUT2D eigenvalue weighted by molar-refractivity contribution is 0.0390. The highest BCUT2D eigenvalue weighted by molar-refractivity contribution is 7.90. The maximum Gasteiger partial charge on any atom is 0.215 e. The van der Waals surface area contributed by atoms with E-state index >= 15 is 0 Å². The minimum absolute atomic E-state index is 0.399. The first-order valence-electron chi connectivity index (χ1n) is 7.05. The van der Waals surface area contributed by atoms with Crippen LogP contribution >= 0.6 is 0 Å². The Morgan fingerprint density at radius 1 is 1.26 bits per heavy atom. The van der Waals surface area contributed by atoms with Crippen molar-refractivity contribution in [3.63, 3.8) is 0 Å². The first-order chi connectivity index (χ1) is 9.06. The monoisotopic (exact) mass is 293 g/mol. The number of nitrogens with zero attached hydrogens (tertiary/aromatic N) is 1. The summed E-state index contributed by atoms with van der Waals surface area (Å²) >= 11 is 0. The second-order valence-corrected chi connectivity index (χ2v) is 7.09. The van der Waals surface area contributed by atoms with Gasteiger partial charge in [-0.3, -0.25) is 4.90 Å². The SMILES string of the molecule is CCCNCC(C)S(=O)(=O)NCCN1CCOCC1. The van der Waals surface area contributed by atoms with Crippen molar-refractivity contribution in [1.29, 1.82) is 0 Å². The first kappa shape index (κ1) is 16.8. The van der Waals surface area contributed by atoms with Crippen LogP contribution in [0.25, 0.3) is 0 Å². The van der Waals surface area contributed by atoms with Crippen LogP contribution in [0.2, 0.25) is 0 Å². The van der Waals surface area contributed by atoms with Crippen LogP contribution in [0.15, 0.2) is 0 Å². The lowest BCUT2D eigenvalue weighted by atomic mass is 10.4. The largest absolute Gasteiger partial charge is 0.379 e. The van der Waals surface area contributed by atoms with Crippen LogP contribution in [0.1, 0.15) is 20.3 Å². The minimum atomic E-state index is -3.21. The van der Waals surface area contributed by atoms with Gasteiger partial charge in [-0.15, -0.1) is 0 Å². The van der Waals surface area contributed by atoms with E-state index < -0.39 is 15.3 Å². The average molecular weight is 293 g/mol. The summed E-state index contributed by atoms with van der Waals surface area (Å²) < 4.78 is 31.9. The van der Waals surface area contributed by atoms with Crippen molar-refractivity contribution in [2.24, 2.45) is 0 Å². The topological polar surface area (TPSA) is 70.7 Å². The van der Waals surface area contributed by atoms with Crippen LogP contribution in [0, 0.1) is 0 Å². The molecule has 1 fully saturated rings. The molecule has 114 valence electrons. The van der Waals surface area contributed by atoms with E-state index in [4.69, 9.17) is 4.74 Å². The zero-order valence-corrected chi connectivity index (χ0v) is 12.8. The second-order valence-electron chi connectivity index (χ2n) is 4.91. The predicted molar refractivity (Wildman–Crippen MR) is 76.8 cm³/mol. The fourth-order valence-electron chi connectivity index (χ4n) is 1.90. The molecule has 0 aromatic heterocycles. The van der Waals surface area contributed by atoms with Crippen LogP contribution < -0.4 is 10.0 Å². The van der Waals surface area contributed by atoms with Gasteiger partial charge in [0.05, 0.1) is 18.5 Å². The summed E-state index contributed by atoms with van der Waals surface area (Å²) in [6, 6.07) is 0. The van der Waals surface area contributed by atoms with Gasteiger partial charge in [0.15, 0.2) is 0 Å². The van der Waals surface area contributed by atoms with Gasteiger partial charge in [-0.25, -0.2) is 13.1 Å². The molecule has 1 aliphatic heterocycles. The lowest BCUT2D eigenvalue weighted by Gasteiger charge is -2.26. The molecule has 0 aliphatic carbocycles. The van der Waals surface area contributed by atoms with Crippen LogP contribution in [-0.4, -0.2) is 71.0 Å². The Labute approximate surface area is 116 Å². The summed E-state index contributed by atoms with van der Waals surface area (Å²) in [5.74, 6) is 0. The number of hydrogen-bond donors (Lipinski definition) is 2. The standard InChI is InChI=1S/C12H27N3O3S/c1-3-4-13-11-12(2)19(16,17)14-5-6-15-7-9-18-10-8-15/h12-14H,3-11H2,1-2H3. The molecule has 1 unspecified atom stereocenters. The van der Waals surface area contributed by atoms with Gasteiger partial charge < -0.3 is 10.1 Å². The van der Waals surface area contributed by atoms with Crippen molar-refractivity contribution in [3.05, 3.63) is 0 Å². The quantitative estimate of drug-likeness (QED) is 0.568. The van der Waals surface area contributed by atoms with Crippen molar-refractivity contribution in [2.75, 3.05) is 52.5 Å². The Bertz CT molecular complexity index is 329. The summed E-state index contributed by atoms with van der Waals surface area (Å²) in [7, 11) is -3.21. The maximum atomic E-state index is 12.0. The molecule has 0 radical (unpaired) electrons. The molecular weight excluding hydrogens is 266 g/mol. The molecule has 0 saturated carbocycles. The van der Waals surface area contributed by atoms with Crippen LogP contribution in [-0.2, 0) is 14.8 Å². The minimum Gasteiger partial charge on any atom is -0.379 e. The van der Waals surface area contributed by atoms with Crippen LogP contribution in [0.4, 0.5) is 0 Å². The Morgan fingerprint density at radius 3 is 2.58 bits per heavy atom. The number of rotatable bonds is 9. The molecule has 1 rings (SSSR count). The van der Waals surface area contributed by atoms with Gasteiger partial charge in [-0.05, 0) is 19.9 Å². The molecule has 1 atom stereocenters. The van der Waals surface area contributed by atoms with E-state index in [1.807, 2.05) is 0 Å². The van der Waals surface area contributed by atoms with Gasteiger partial charge in [0.25, 0.3) is 0 Å². The molecule has 0 spiro atoms. The molecule has 1 saturated heterocycles. The van der Waals surface area contributed by atoms with Gasteiger partial charge in [0, 0.05) is 32.7 Å². The lowest BCUT2D eigenvalue weighted by Crippen LogP contribution is -2.44. The van der Waals surface area contributed by atoms with E-state index in [9.17, 15) is 8.42 Å². The zero-order chi connectivity index (χ0) is 14.1. The van der Waals surface area contributed by atoms with E-state index in [2.05, 4.69) is 21.9 Å². The normalized spacial score (nSPS) is 19.5. The zero-order valence-electron chi connectivity index (χ0n) is 12.0. The molecule has 19 heavy (non-hydrogen) atoms. The van der Waals surface area contributed by atoms with E-state index in [1.54, 1.807) is 6.92 Å². The number of ether oxygens (including phenoxy) is 1. The number of morpholine rings is 1. The Kier molecular flexibility index (Phi) is 7.86. The van der Waals surface area contributed by atoms with Gasteiger partial charge >= 0.3 is 0 Å². The Morgan fingerprint density at radius 2 is 1.95 bits per heavy atom. The summed E-state index contributed by atoms with van der Waals surface area (Å²) in [4.78, 5) is 2.21.